The number of Topliss-reactive ketones (excluding diaryl/α,β-unsaturated/α-hetero) is 1. The summed E-state index contributed by atoms with van der Waals surface area (Å²) in [6.07, 6.45) is 1.44. The first-order valence-electron chi connectivity index (χ1n) is 10.5. The number of amides is 1. The van der Waals surface area contributed by atoms with Crippen LogP contribution in [0.15, 0.2) is 83.8 Å². The minimum absolute atomic E-state index is 0.184. The number of hydrogen-bond acceptors (Lipinski definition) is 4. The summed E-state index contributed by atoms with van der Waals surface area (Å²) in [4.78, 5) is 43.1. The van der Waals surface area contributed by atoms with Crippen molar-refractivity contribution in [2.45, 2.75) is 12.6 Å². The largest absolute Gasteiger partial charge is 0.338 e. The molecule has 164 valence electrons. The number of piperazine rings is 1. The number of carbonyl (C=O) groups excluding carboxylic acids is 2. The first kappa shape index (κ1) is 21.6. The van der Waals surface area contributed by atoms with Gasteiger partial charge in [-0.2, -0.15) is 0 Å². The zero-order valence-electron chi connectivity index (χ0n) is 17.6. The molecule has 3 aromatic rings. The average molecular weight is 433 g/mol. The van der Waals surface area contributed by atoms with E-state index in [0.29, 0.717) is 26.2 Å². The molecule has 1 saturated heterocycles. The van der Waals surface area contributed by atoms with Gasteiger partial charge in [-0.05, 0) is 35.9 Å². The monoisotopic (exact) mass is 433 g/mol. The van der Waals surface area contributed by atoms with Gasteiger partial charge in [0, 0.05) is 50.6 Å². The summed E-state index contributed by atoms with van der Waals surface area (Å²) in [5.74, 6) is -1.43. The lowest BCUT2D eigenvalue weighted by atomic mass is 10.0. The quantitative estimate of drug-likeness (QED) is 0.443. The van der Waals surface area contributed by atoms with E-state index >= 15 is 0 Å². The number of carbonyl (C=O) groups is 2. The lowest BCUT2D eigenvalue weighted by Gasteiger charge is -2.36. The van der Waals surface area contributed by atoms with Crippen molar-refractivity contribution >= 4 is 11.7 Å². The van der Waals surface area contributed by atoms with Gasteiger partial charge >= 0.3 is 0 Å². The molecule has 2 aromatic carbocycles. The van der Waals surface area contributed by atoms with Gasteiger partial charge in [-0.1, -0.05) is 36.4 Å². The molecule has 32 heavy (non-hydrogen) atoms. The van der Waals surface area contributed by atoms with E-state index in [4.69, 9.17) is 0 Å². The molecule has 4 rings (SSSR count). The summed E-state index contributed by atoms with van der Waals surface area (Å²) in [6.45, 7) is 3.05. The lowest BCUT2D eigenvalue weighted by Crippen LogP contribution is -2.52. The molecule has 0 unspecified atom stereocenters. The highest BCUT2D eigenvalue weighted by molar-refractivity contribution is 6.11. The minimum atomic E-state index is -1.32. The molecule has 2 heterocycles. The van der Waals surface area contributed by atoms with Crippen LogP contribution in [0, 0.1) is 5.82 Å². The first-order valence-corrected chi connectivity index (χ1v) is 10.5. The van der Waals surface area contributed by atoms with Crippen molar-refractivity contribution < 1.29 is 14.0 Å². The van der Waals surface area contributed by atoms with Gasteiger partial charge in [0.2, 0.25) is 0 Å². The number of pyridine rings is 1. The SMILES string of the molecule is O=C(c1ccc(F)cc1)[C@H](C(=O)N1CCN(Cc2ccccc2)CC1)n1ccccc1=O. The number of benzene rings is 2. The van der Waals surface area contributed by atoms with Crippen LogP contribution in [0.1, 0.15) is 22.0 Å². The smallest absolute Gasteiger partial charge is 0.253 e. The molecule has 6 nitrogen and oxygen atoms in total. The third-order valence-corrected chi connectivity index (χ3v) is 5.67. The van der Waals surface area contributed by atoms with Gasteiger partial charge in [0.25, 0.3) is 11.5 Å². The Labute approximate surface area is 185 Å². The van der Waals surface area contributed by atoms with Gasteiger partial charge in [0.1, 0.15) is 5.82 Å². The molecular weight excluding hydrogens is 409 g/mol. The fourth-order valence-electron chi connectivity index (χ4n) is 3.92. The van der Waals surface area contributed by atoms with E-state index in [1.165, 1.54) is 42.1 Å². The van der Waals surface area contributed by atoms with E-state index in [1.54, 1.807) is 17.0 Å². The van der Waals surface area contributed by atoms with Crippen LogP contribution in [0.2, 0.25) is 0 Å². The maximum atomic E-state index is 13.5. The van der Waals surface area contributed by atoms with Gasteiger partial charge in [-0.25, -0.2) is 4.39 Å². The third-order valence-electron chi connectivity index (χ3n) is 5.67. The fourth-order valence-corrected chi connectivity index (χ4v) is 3.92. The summed E-state index contributed by atoms with van der Waals surface area (Å²) >= 11 is 0. The Morgan fingerprint density at radius 2 is 1.50 bits per heavy atom. The number of aromatic nitrogens is 1. The number of hydrogen-bond donors (Lipinski definition) is 0. The second-order valence-electron chi connectivity index (χ2n) is 7.81. The Kier molecular flexibility index (Phi) is 6.56. The highest BCUT2D eigenvalue weighted by Gasteiger charge is 2.35. The van der Waals surface area contributed by atoms with Crippen molar-refractivity contribution in [2.75, 3.05) is 26.2 Å². The molecular formula is C25H24FN3O3. The third kappa shape index (κ3) is 4.84. The molecule has 0 spiro atoms. The molecule has 1 aliphatic rings. The van der Waals surface area contributed by atoms with Gasteiger partial charge in [0.15, 0.2) is 11.8 Å². The molecule has 1 aliphatic heterocycles. The van der Waals surface area contributed by atoms with Crippen molar-refractivity contribution in [3.8, 4) is 0 Å². The van der Waals surface area contributed by atoms with E-state index in [-0.39, 0.29) is 5.56 Å². The Bertz CT molecular complexity index is 1140. The van der Waals surface area contributed by atoms with Gasteiger partial charge < -0.3 is 4.90 Å². The van der Waals surface area contributed by atoms with Crippen molar-refractivity contribution in [1.82, 2.24) is 14.4 Å². The molecule has 0 radical (unpaired) electrons. The van der Waals surface area contributed by atoms with Gasteiger partial charge in [0.05, 0.1) is 0 Å². The number of ketones is 1. The van der Waals surface area contributed by atoms with E-state index in [1.807, 2.05) is 18.2 Å². The number of rotatable bonds is 6. The van der Waals surface area contributed by atoms with Crippen LogP contribution in [0.25, 0.3) is 0 Å². The van der Waals surface area contributed by atoms with Crippen LogP contribution >= 0.6 is 0 Å². The zero-order valence-corrected chi connectivity index (χ0v) is 17.6. The Hall–Kier alpha value is -3.58. The first-order chi connectivity index (χ1) is 15.5. The molecule has 1 atom stereocenters. The Balaban J connectivity index is 1.53. The highest BCUT2D eigenvalue weighted by atomic mass is 19.1. The van der Waals surface area contributed by atoms with Crippen molar-refractivity contribution in [3.63, 3.8) is 0 Å². The normalized spacial score (nSPS) is 15.3. The zero-order chi connectivity index (χ0) is 22.5. The fraction of sp³-hybridized carbons (Fsp3) is 0.240. The molecule has 0 bridgehead atoms. The predicted molar refractivity (Wildman–Crippen MR) is 119 cm³/mol. The Morgan fingerprint density at radius 1 is 0.844 bits per heavy atom. The van der Waals surface area contributed by atoms with Gasteiger partial charge in [-0.3, -0.25) is 23.9 Å². The Morgan fingerprint density at radius 3 is 2.16 bits per heavy atom. The maximum absolute atomic E-state index is 13.5. The predicted octanol–water partition coefficient (Wildman–Crippen LogP) is 2.76. The van der Waals surface area contributed by atoms with Crippen molar-refractivity contribution in [3.05, 3.63) is 106 Å². The lowest BCUT2D eigenvalue weighted by molar-refractivity contribution is -0.135. The van der Waals surface area contributed by atoms with Crippen molar-refractivity contribution in [2.24, 2.45) is 0 Å². The van der Waals surface area contributed by atoms with Crippen LogP contribution < -0.4 is 5.56 Å². The maximum Gasteiger partial charge on any atom is 0.253 e. The van der Waals surface area contributed by atoms with Crippen LogP contribution in [0.4, 0.5) is 4.39 Å². The van der Waals surface area contributed by atoms with Crippen LogP contribution in [-0.2, 0) is 11.3 Å². The van der Waals surface area contributed by atoms with Crippen LogP contribution in [0.5, 0.6) is 0 Å². The summed E-state index contributed by atoms with van der Waals surface area (Å²) in [7, 11) is 0. The van der Waals surface area contributed by atoms with Crippen LogP contribution in [-0.4, -0.2) is 52.2 Å². The summed E-state index contributed by atoms with van der Waals surface area (Å²) in [5, 5.41) is 0. The second-order valence-corrected chi connectivity index (χ2v) is 7.81. The van der Waals surface area contributed by atoms with E-state index in [2.05, 4.69) is 17.0 Å². The summed E-state index contributed by atoms with van der Waals surface area (Å²) in [6, 6.07) is 18.3. The second kappa shape index (κ2) is 9.70. The molecule has 1 amide bonds. The van der Waals surface area contributed by atoms with E-state index in [0.717, 1.165) is 11.1 Å². The molecule has 1 fully saturated rings. The van der Waals surface area contributed by atoms with Gasteiger partial charge in [-0.15, -0.1) is 0 Å². The topological polar surface area (TPSA) is 62.6 Å². The molecule has 1 aromatic heterocycles. The van der Waals surface area contributed by atoms with Crippen LogP contribution in [0.3, 0.4) is 0 Å². The standard InChI is InChI=1S/C25H24FN3O3/c26-21-11-9-20(10-12-21)24(31)23(29-13-5-4-8-22(29)30)25(32)28-16-14-27(15-17-28)18-19-6-2-1-3-7-19/h1-13,23H,14-18H2/t23-/m1/s1. The molecule has 7 heteroatoms. The van der Waals surface area contributed by atoms with E-state index in [9.17, 15) is 18.8 Å². The van der Waals surface area contributed by atoms with E-state index < -0.39 is 29.1 Å². The molecule has 0 aliphatic carbocycles. The van der Waals surface area contributed by atoms with Crippen molar-refractivity contribution in [1.29, 1.82) is 0 Å². The number of halogens is 1. The average Bonchev–Trinajstić information content (AvgIpc) is 2.82. The summed E-state index contributed by atoms with van der Waals surface area (Å²) < 4.78 is 14.5. The minimum Gasteiger partial charge on any atom is -0.338 e. The summed E-state index contributed by atoms with van der Waals surface area (Å²) in [5.41, 5.74) is 0.944. The molecule has 0 saturated carbocycles. The highest BCUT2D eigenvalue weighted by Crippen LogP contribution is 2.19. The molecule has 0 N–H and O–H groups in total. The number of nitrogens with zero attached hydrogens (tertiary/aromatic N) is 3.